The number of urea groups is 1. The summed E-state index contributed by atoms with van der Waals surface area (Å²) < 4.78 is 0. The van der Waals surface area contributed by atoms with Gasteiger partial charge >= 0.3 is 6.03 Å². The average molecular weight is 514 g/mol. The van der Waals surface area contributed by atoms with Gasteiger partial charge in [-0.25, -0.2) is 4.79 Å². The molecule has 8 heteroatoms. The first kappa shape index (κ1) is 26.7. The van der Waals surface area contributed by atoms with Crippen molar-refractivity contribution in [2.75, 3.05) is 49.5 Å². The number of likely N-dealkylation sites (tertiary alicyclic amines) is 1. The van der Waals surface area contributed by atoms with E-state index in [1.807, 2.05) is 12.2 Å². The Morgan fingerprint density at radius 2 is 2.03 bits per heavy atom. The van der Waals surface area contributed by atoms with Crippen LogP contribution in [-0.4, -0.2) is 67.0 Å². The molecule has 2 aliphatic heterocycles. The standard InChI is InChI=1S/C28H40ClN5O2/c1-3-16-32(17-4-2)20-21-10-7-8-18-33(21)19-15-30-28(36)34-25-14-6-5-11-22(25)27(35)31-24-13-9-12-23(29)26(24)34/h6,9,12-14,21H,3-5,7-8,10-11,15-20H2,1-2H3,(H,30,36)(H,31,35). The van der Waals surface area contributed by atoms with Gasteiger partial charge < -0.3 is 15.5 Å². The van der Waals surface area contributed by atoms with Crippen molar-refractivity contribution < 1.29 is 9.59 Å². The fourth-order valence-electron chi connectivity index (χ4n) is 5.63. The number of carbonyl (C=O) groups is 2. The molecule has 1 unspecified atom stereocenters. The number of rotatable bonds is 9. The number of benzene rings is 1. The quantitative estimate of drug-likeness (QED) is 0.464. The molecule has 2 heterocycles. The highest BCUT2D eigenvalue weighted by molar-refractivity contribution is 6.35. The molecule has 0 saturated carbocycles. The van der Waals surface area contributed by atoms with Crippen molar-refractivity contribution in [3.63, 3.8) is 0 Å². The van der Waals surface area contributed by atoms with Crippen LogP contribution in [0.25, 0.3) is 0 Å². The van der Waals surface area contributed by atoms with E-state index in [9.17, 15) is 9.59 Å². The van der Waals surface area contributed by atoms with Gasteiger partial charge in [-0.1, -0.05) is 44.0 Å². The van der Waals surface area contributed by atoms with Crippen LogP contribution in [-0.2, 0) is 4.79 Å². The molecule has 196 valence electrons. The van der Waals surface area contributed by atoms with Gasteiger partial charge in [0.15, 0.2) is 0 Å². The lowest BCUT2D eigenvalue weighted by Gasteiger charge is -2.39. The second kappa shape index (κ2) is 12.7. The molecule has 0 radical (unpaired) electrons. The smallest absolute Gasteiger partial charge is 0.326 e. The lowest BCUT2D eigenvalue weighted by molar-refractivity contribution is -0.113. The van der Waals surface area contributed by atoms with Crippen LogP contribution in [0.15, 0.2) is 41.6 Å². The molecule has 1 atom stereocenters. The van der Waals surface area contributed by atoms with Gasteiger partial charge in [-0.2, -0.15) is 0 Å². The second-order valence-electron chi connectivity index (χ2n) is 9.95. The zero-order valence-electron chi connectivity index (χ0n) is 21.7. The van der Waals surface area contributed by atoms with Crippen LogP contribution in [0.3, 0.4) is 0 Å². The van der Waals surface area contributed by atoms with Gasteiger partial charge in [0, 0.05) is 31.2 Å². The average Bonchev–Trinajstić information content (AvgIpc) is 3.00. The Morgan fingerprint density at radius 3 is 2.81 bits per heavy atom. The largest absolute Gasteiger partial charge is 0.336 e. The number of allylic oxidation sites excluding steroid dienone is 2. The molecule has 1 aromatic carbocycles. The van der Waals surface area contributed by atoms with Crippen LogP contribution in [0.5, 0.6) is 0 Å². The molecule has 36 heavy (non-hydrogen) atoms. The first-order valence-corrected chi connectivity index (χ1v) is 13.9. The van der Waals surface area contributed by atoms with E-state index < -0.39 is 0 Å². The Hall–Kier alpha value is -2.35. The topological polar surface area (TPSA) is 67.9 Å². The van der Waals surface area contributed by atoms with E-state index in [0.29, 0.717) is 46.7 Å². The van der Waals surface area contributed by atoms with Gasteiger partial charge in [0.2, 0.25) is 0 Å². The van der Waals surface area contributed by atoms with Gasteiger partial charge in [-0.15, -0.1) is 0 Å². The predicted molar refractivity (Wildman–Crippen MR) is 148 cm³/mol. The molecule has 1 aromatic rings. The maximum Gasteiger partial charge on any atom is 0.326 e. The van der Waals surface area contributed by atoms with Crippen molar-refractivity contribution in [1.82, 2.24) is 15.1 Å². The summed E-state index contributed by atoms with van der Waals surface area (Å²) in [5.74, 6) is -0.173. The number of carbonyl (C=O) groups excluding carboxylic acids is 2. The van der Waals surface area contributed by atoms with Gasteiger partial charge in [0.1, 0.15) is 0 Å². The number of piperidine rings is 1. The zero-order valence-corrected chi connectivity index (χ0v) is 22.4. The van der Waals surface area contributed by atoms with E-state index in [2.05, 4.69) is 34.3 Å². The van der Waals surface area contributed by atoms with E-state index in [1.165, 1.54) is 32.1 Å². The van der Waals surface area contributed by atoms with E-state index in [-0.39, 0.29) is 11.9 Å². The van der Waals surface area contributed by atoms with E-state index in [4.69, 9.17) is 11.6 Å². The maximum atomic E-state index is 13.6. The Bertz CT molecular complexity index is 1000. The van der Waals surface area contributed by atoms with Gasteiger partial charge in [-0.05, 0) is 76.4 Å². The monoisotopic (exact) mass is 513 g/mol. The number of fused-ring (bicyclic) bond motifs is 1. The zero-order chi connectivity index (χ0) is 25.5. The van der Waals surface area contributed by atoms with Crippen molar-refractivity contribution in [3.05, 3.63) is 46.6 Å². The number of halogens is 1. The SMILES string of the molecule is CCCN(CCC)CC1CCCCN1CCNC(=O)N1C2=C(CCC=C2)C(=O)Nc2cccc(Cl)c21. The molecule has 3 aliphatic rings. The number of para-hydroxylation sites is 1. The van der Waals surface area contributed by atoms with Crippen LogP contribution in [0.1, 0.15) is 58.8 Å². The van der Waals surface area contributed by atoms with E-state index in [0.717, 1.165) is 39.1 Å². The molecule has 0 aromatic heterocycles. The number of nitrogens with one attached hydrogen (secondary N) is 2. The van der Waals surface area contributed by atoms with E-state index in [1.54, 1.807) is 23.1 Å². The van der Waals surface area contributed by atoms with Gasteiger partial charge in [0.25, 0.3) is 5.91 Å². The molecule has 2 N–H and O–H groups in total. The van der Waals surface area contributed by atoms with Gasteiger partial charge in [-0.3, -0.25) is 14.6 Å². The summed E-state index contributed by atoms with van der Waals surface area (Å²) in [6.07, 6.45) is 11.3. The molecule has 0 bridgehead atoms. The minimum atomic E-state index is -0.257. The number of amides is 3. The second-order valence-corrected chi connectivity index (χ2v) is 10.4. The van der Waals surface area contributed by atoms with Crippen LogP contribution in [0.4, 0.5) is 16.2 Å². The summed E-state index contributed by atoms with van der Waals surface area (Å²) in [6.45, 7) is 10.3. The number of hydrogen-bond acceptors (Lipinski definition) is 4. The lowest BCUT2D eigenvalue weighted by Crippen LogP contribution is -2.50. The fraction of sp³-hybridized carbons (Fsp3) is 0.571. The molecule has 1 fully saturated rings. The minimum Gasteiger partial charge on any atom is -0.336 e. The summed E-state index contributed by atoms with van der Waals surface area (Å²) in [5, 5.41) is 6.51. The Kier molecular flexibility index (Phi) is 9.46. The maximum absolute atomic E-state index is 13.6. The number of nitrogens with zero attached hydrogens (tertiary/aromatic N) is 3. The summed E-state index contributed by atoms with van der Waals surface area (Å²) in [5.41, 5.74) is 2.29. The van der Waals surface area contributed by atoms with Crippen molar-refractivity contribution in [3.8, 4) is 0 Å². The highest BCUT2D eigenvalue weighted by Crippen LogP contribution is 2.41. The first-order valence-electron chi connectivity index (χ1n) is 13.6. The molecular weight excluding hydrogens is 474 g/mol. The van der Waals surface area contributed by atoms with Crippen LogP contribution in [0, 0.1) is 0 Å². The van der Waals surface area contributed by atoms with Crippen molar-refractivity contribution in [1.29, 1.82) is 0 Å². The summed E-state index contributed by atoms with van der Waals surface area (Å²) in [4.78, 5) is 33.2. The molecule has 0 spiro atoms. The first-order chi connectivity index (χ1) is 17.5. The fourth-order valence-corrected chi connectivity index (χ4v) is 5.89. The third kappa shape index (κ3) is 6.13. The van der Waals surface area contributed by atoms with Crippen LogP contribution < -0.4 is 15.5 Å². The number of anilines is 2. The van der Waals surface area contributed by atoms with E-state index >= 15 is 0 Å². The van der Waals surface area contributed by atoms with Crippen LogP contribution >= 0.6 is 11.6 Å². The molecule has 4 rings (SSSR count). The summed E-state index contributed by atoms with van der Waals surface area (Å²) in [6, 6.07) is 5.60. The Balaban J connectivity index is 1.47. The van der Waals surface area contributed by atoms with Crippen LogP contribution in [0.2, 0.25) is 5.02 Å². The Morgan fingerprint density at radius 1 is 1.22 bits per heavy atom. The predicted octanol–water partition coefficient (Wildman–Crippen LogP) is 5.39. The Labute approximate surface area is 220 Å². The highest BCUT2D eigenvalue weighted by atomic mass is 35.5. The third-order valence-corrected chi connectivity index (χ3v) is 7.60. The number of hydrogen-bond donors (Lipinski definition) is 2. The molecule has 3 amide bonds. The van der Waals surface area contributed by atoms with Crippen molar-refractivity contribution >= 4 is 34.9 Å². The normalized spacial score (nSPS) is 20.2. The summed E-state index contributed by atoms with van der Waals surface area (Å²) in [7, 11) is 0. The lowest BCUT2D eigenvalue weighted by atomic mass is 10.0. The third-order valence-electron chi connectivity index (χ3n) is 7.30. The van der Waals surface area contributed by atoms with Gasteiger partial charge in [0.05, 0.1) is 22.1 Å². The summed E-state index contributed by atoms with van der Waals surface area (Å²) >= 11 is 6.57. The molecule has 1 saturated heterocycles. The highest BCUT2D eigenvalue weighted by Gasteiger charge is 2.33. The minimum absolute atomic E-state index is 0.173. The molecule has 7 nitrogen and oxygen atoms in total. The van der Waals surface area contributed by atoms with Crippen molar-refractivity contribution in [2.24, 2.45) is 0 Å². The molecule has 1 aliphatic carbocycles. The molecular formula is C28H40ClN5O2. The van der Waals surface area contributed by atoms with Crippen molar-refractivity contribution in [2.45, 2.75) is 64.8 Å².